The number of hydrogen-bond donors (Lipinski definition) is 0. The van der Waals surface area contributed by atoms with Crippen molar-refractivity contribution in [3.63, 3.8) is 0 Å². The molecule has 0 bridgehead atoms. The molecule has 0 amide bonds. The van der Waals surface area contributed by atoms with Gasteiger partial charge in [0.25, 0.3) is 6.04 Å². The molecule has 0 aromatic carbocycles. The van der Waals surface area contributed by atoms with Gasteiger partial charge in [0.1, 0.15) is 5.69 Å². The Bertz CT molecular complexity index is 338. The van der Waals surface area contributed by atoms with Gasteiger partial charge < -0.3 is 4.85 Å². The molecule has 0 spiro atoms. The van der Waals surface area contributed by atoms with Gasteiger partial charge in [0.2, 0.25) is 0 Å². The monoisotopic (exact) mass is 158 g/mol. The van der Waals surface area contributed by atoms with Crippen LogP contribution >= 0.6 is 0 Å². The van der Waals surface area contributed by atoms with Crippen LogP contribution in [0.2, 0.25) is 0 Å². The van der Waals surface area contributed by atoms with E-state index in [0.717, 1.165) is 12.1 Å². The lowest BCUT2D eigenvalue weighted by molar-refractivity contribution is 0.693. The summed E-state index contributed by atoms with van der Waals surface area (Å²) in [6, 6.07) is 4.04. The molecule has 2 atom stereocenters. The smallest absolute Gasteiger partial charge is 0.266 e. The van der Waals surface area contributed by atoms with E-state index in [1.165, 1.54) is 5.56 Å². The van der Waals surface area contributed by atoms with Crippen LogP contribution in [0.4, 0.5) is 0 Å². The van der Waals surface area contributed by atoms with Crippen LogP contribution in [0.1, 0.15) is 36.6 Å². The summed E-state index contributed by atoms with van der Waals surface area (Å²) < 4.78 is 0. The molecule has 0 N–H and O–H groups in total. The molecular formula is C10H10N2. The van der Waals surface area contributed by atoms with Gasteiger partial charge in [-0.2, -0.15) is 0 Å². The molecule has 0 saturated carbocycles. The zero-order valence-electron chi connectivity index (χ0n) is 6.99. The molecule has 1 aromatic rings. The summed E-state index contributed by atoms with van der Waals surface area (Å²) in [7, 11) is 0. The minimum atomic E-state index is 0.0104. The Hall–Kier alpha value is -1.36. The molecule has 2 nitrogen and oxygen atoms in total. The Morgan fingerprint density at radius 1 is 1.67 bits per heavy atom. The fraction of sp³-hybridized carbons (Fsp3) is 0.400. The number of nitrogens with zero attached hydrogens (tertiary/aromatic N) is 2. The fourth-order valence-corrected chi connectivity index (χ4v) is 1.81. The van der Waals surface area contributed by atoms with E-state index in [0.29, 0.717) is 5.92 Å². The van der Waals surface area contributed by atoms with Gasteiger partial charge in [0, 0.05) is 12.6 Å². The van der Waals surface area contributed by atoms with Crippen molar-refractivity contribution >= 4 is 0 Å². The lowest BCUT2D eigenvalue weighted by atomic mass is 10.1. The second-order valence-electron chi connectivity index (χ2n) is 3.26. The Balaban J connectivity index is 2.52. The lowest BCUT2D eigenvalue weighted by Crippen LogP contribution is -1.89. The van der Waals surface area contributed by atoms with Crippen LogP contribution in [0.15, 0.2) is 18.3 Å². The molecule has 1 aromatic heterocycles. The normalized spacial score (nSPS) is 26.3. The van der Waals surface area contributed by atoms with Crippen LogP contribution in [0.3, 0.4) is 0 Å². The summed E-state index contributed by atoms with van der Waals surface area (Å²) >= 11 is 0. The lowest BCUT2D eigenvalue weighted by Gasteiger charge is -1.98. The van der Waals surface area contributed by atoms with Gasteiger partial charge in [0.05, 0.1) is 0 Å². The minimum absolute atomic E-state index is 0.0104. The highest BCUT2D eigenvalue weighted by Gasteiger charge is 2.33. The number of aromatic nitrogens is 1. The van der Waals surface area contributed by atoms with Crippen molar-refractivity contribution < 1.29 is 0 Å². The van der Waals surface area contributed by atoms with Crippen LogP contribution < -0.4 is 0 Å². The van der Waals surface area contributed by atoms with E-state index in [9.17, 15) is 0 Å². The Morgan fingerprint density at radius 3 is 3.25 bits per heavy atom. The SMILES string of the molecule is [C-]#[N+][C@@H]1C[C@@H](C)c2cccnc21. The summed E-state index contributed by atoms with van der Waals surface area (Å²) in [6.45, 7) is 9.16. The molecule has 0 radical (unpaired) electrons. The first kappa shape index (κ1) is 7.30. The average molecular weight is 158 g/mol. The Morgan fingerprint density at radius 2 is 2.50 bits per heavy atom. The van der Waals surface area contributed by atoms with Gasteiger partial charge in [-0.3, -0.25) is 4.98 Å². The zero-order chi connectivity index (χ0) is 8.55. The van der Waals surface area contributed by atoms with Gasteiger partial charge in [-0.05, 0) is 17.5 Å². The van der Waals surface area contributed by atoms with Crippen LogP contribution in [0.5, 0.6) is 0 Å². The van der Waals surface area contributed by atoms with Crippen molar-refractivity contribution in [1.29, 1.82) is 0 Å². The molecule has 0 unspecified atom stereocenters. The fourth-order valence-electron chi connectivity index (χ4n) is 1.81. The van der Waals surface area contributed by atoms with Gasteiger partial charge in [-0.25, -0.2) is 6.57 Å². The van der Waals surface area contributed by atoms with E-state index in [2.05, 4.69) is 22.8 Å². The quantitative estimate of drug-likeness (QED) is 0.530. The highest BCUT2D eigenvalue weighted by Crippen LogP contribution is 2.40. The summed E-state index contributed by atoms with van der Waals surface area (Å²) in [4.78, 5) is 7.81. The standard InChI is InChI=1S/C10H10N2/c1-7-6-9(11-2)10-8(7)4-3-5-12-10/h3-5,7,9H,6H2,1H3/t7-,9-/m1/s1. The summed E-state index contributed by atoms with van der Waals surface area (Å²) in [5, 5.41) is 0. The van der Waals surface area contributed by atoms with E-state index in [-0.39, 0.29) is 6.04 Å². The van der Waals surface area contributed by atoms with Crippen molar-refractivity contribution in [2.75, 3.05) is 0 Å². The molecular weight excluding hydrogens is 148 g/mol. The van der Waals surface area contributed by atoms with E-state index in [1.807, 2.05) is 6.07 Å². The predicted molar refractivity (Wildman–Crippen MR) is 46.6 cm³/mol. The number of hydrogen-bond acceptors (Lipinski definition) is 1. The highest BCUT2D eigenvalue weighted by atomic mass is 14.8. The predicted octanol–water partition coefficient (Wildman–Crippen LogP) is 2.55. The number of fused-ring (bicyclic) bond motifs is 1. The summed E-state index contributed by atoms with van der Waals surface area (Å²) in [6.07, 6.45) is 2.71. The van der Waals surface area contributed by atoms with Crippen molar-refractivity contribution in [3.8, 4) is 0 Å². The molecule has 2 heteroatoms. The van der Waals surface area contributed by atoms with E-state index in [1.54, 1.807) is 6.20 Å². The van der Waals surface area contributed by atoms with Crippen LogP contribution in [-0.2, 0) is 0 Å². The molecule has 1 heterocycles. The van der Waals surface area contributed by atoms with Crippen molar-refractivity contribution in [1.82, 2.24) is 4.98 Å². The van der Waals surface area contributed by atoms with Crippen LogP contribution in [0, 0.1) is 6.57 Å². The summed E-state index contributed by atoms with van der Waals surface area (Å²) in [5.74, 6) is 0.507. The third-order valence-electron chi connectivity index (χ3n) is 2.45. The van der Waals surface area contributed by atoms with E-state index >= 15 is 0 Å². The summed E-state index contributed by atoms with van der Waals surface area (Å²) in [5.41, 5.74) is 2.26. The topological polar surface area (TPSA) is 17.2 Å². The third kappa shape index (κ3) is 0.902. The first-order valence-electron chi connectivity index (χ1n) is 4.14. The van der Waals surface area contributed by atoms with Gasteiger partial charge in [-0.1, -0.05) is 13.0 Å². The van der Waals surface area contributed by atoms with Crippen molar-refractivity contribution in [2.24, 2.45) is 0 Å². The first-order chi connectivity index (χ1) is 5.83. The Kier molecular flexibility index (Phi) is 1.58. The van der Waals surface area contributed by atoms with E-state index < -0.39 is 0 Å². The maximum atomic E-state index is 7.01. The molecule has 12 heavy (non-hydrogen) atoms. The molecule has 1 aliphatic carbocycles. The maximum absolute atomic E-state index is 7.01. The van der Waals surface area contributed by atoms with Gasteiger partial charge in [0.15, 0.2) is 0 Å². The number of pyridine rings is 1. The van der Waals surface area contributed by atoms with Gasteiger partial charge in [-0.15, -0.1) is 0 Å². The molecule has 0 fully saturated rings. The average Bonchev–Trinajstić information content (AvgIpc) is 2.44. The van der Waals surface area contributed by atoms with Crippen molar-refractivity contribution in [3.05, 3.63) is 41.0 Å². The largest absolute Gasteiger partial charge is 0.307 e. The second-order valence-corrected chi connectivity index (χ2v) is 3.26. The molecule has 0 saturated heterocycles. The minimum Gasteiger partial charge on any atom is -0.307 e. The van der Waals surface area contributed by atoms with Gasteiger partial charge >= 0.3 is 0 Å². The Labute approximate surface area is 72.1 Å². The first-order valence-corrected chi connectivity index (χ1v) is 4.14. The molecule has 1 aliphatic rings. The molecule has 60 valence electrons. The van der Waals surface area contributed by atoms with Crippen LogP contribution in [0.25, 0.3) is 4.85 Å². The third-order valence-corrected chi connectivity index (χ3v) is 2.45. The molecule has 2 rings (SSSR count). The molecule has 0 aliphatic heterocycles. The van der Waals surface area contributed by atoms with Crippen molar-refractivity contribution in [2.45, 2.75) is 25.3 Å². The second kappa shape index (κ2) is 2.60. The van der Waals surface area contributed by atoms with Crippen LogP contribution in [-0.4, -0.2) is 4.98 Å². The van der Waals surface area contributed by atoms with E-state index in [4.69, 9.17) is 6.57 Å². The number of rotatable bonds is 0. The zero-order valence-corrected chi connectivity index (χ0v) is 6.99. The highest BCUT2D eigenvalue weighted by molar-refractivity contribution is 5.33. The maximum Gasteiger partial charge on any atom is 0.266 e.